The number of morpholine rings is 1. The minimum atomic E-state index is -0.803. The van der Waals surface area contributed by atoms with E-state index in [-0.39, 0.29) is 16.5 Å². The fourth-order valence-electron chi connectivity index (χ4n) is 3.84. The summed E-state index contributed by atoms with van der Waals surface area (Å²) in [6, 6.07) is 1.56. The van der Waals surface area contributed by atoms with E-state index in [0.717, 1.165) is 31.7 Å². The number of rotatable bonds is 4. The molecular formula is C18H23ClF2N2O2. The Hall–Kier alpha value is -1.24. The molecule has 1 aliphatic carbocycles. The summed E-state index contributed by atoms with van der Waals surface area (Å²) < 4.78 is 34.6. The number of carbonyl (C=O) groups is 1. The van der Waals surface area contributed by atoms with Gasteiger partial charge in [-0.15, -0.1) is 0 Å². The lowest BCUT2D eigenvalue weighted by atomic mass is 9.76. The Morgan fingerprint density at radius 3 is 2.76 bits per heavy atom. The van der Waals surface area contributed by atoms with Crippen molar-refractivity contribution in [3.8, 4) is 0 Å². The second-order valence-electron chi connectivity index (χ2n) is 7.12. The fraction of sp³-hybridized carbons (Fsp3) is 0.611. The summed E-state index contributed by atoms with van der Waals surface area (Å²) in [7, 11) is 0. The van der Waals surface area contributed by atoms with Gasteiger partial charge >= 0.3 is 0 Å². The molecule has 0 radical (unpaired) electrons. The summed E-state index contributed by atoms with van der Waals surface area (Å²) in [5, 5.41) is 5.79. The van der Waals surface area contributed by atoms with Crippen LogP contribution < -0.4 is 10.6 Å². The minimum Gasteiger partial charge on any atom is -0.366 e. The quantitative estimate of drug-likeness (QED) is 0.797. The zero-order valence-electron chi connectivity index (χ0n) is 14.2. The number of benzene rings is 1. The first kappa shape index (κ1) is 18.5. The van der Waals surface area contributed by atoms with Crippen molar-refractivity contribution in [1.29, 1.82) is 0 Å². The molecule has 0 spiro atoms. The molecule has 2 aliphatic rings. The van der Waals surface area contributed by atoms with Gasteiger partial charge in [0.15, 0.2) is 0 Å². The van der Waals surface area contributed by atoms with E-state index in [9.17, 15) is 13.6 Å². The van der Waals surface area contributed by atoms with Gasteiger partial charge in [-0.25, -0.2) is 8.78 Å². The van der Waals surface area contributed by atoms with Crippen LogP contribution in [0.2, 0.25) is 5.02 Å². The highest BCUT2D eigenvalue weighted by atomic mass is 35.5. The monoisotopic (exact) mass is 372 g/mol. The number of nitrogens with one attached hydrogen (secondary N) is 2. The normalized spacial score (nSPS) is 24.1. The Balaban J connectivity index is 1.93. The number of hydrogen-bond acceptors (Lipinski definition) is 3. The molecule has 1 saturated carbocycles. The molecule has 25 heavy (non-hydrogen) atoms. The van der Waals surface area contributed by atoms with Crippen LogP contribution in [-0.4, -0.2) is 31.7 Å². The molecule has 1 aromatic carbocycles. The molecule has 1 saturated heterocycles. The standard InChI is InChI=1S/C18H23ClF2N2O2/c1-18(6-2-3-7-18)16(14-12(20)5-4-11(19)15(14)21)23-17(24)13-10-22-8-9-25-13/h4-5,13,16,22H,2-3,6-10H2,1H3,(H,23,24). The molecule has 1 heterocycles. The van der Waals surface area contributed by atoms with Gasteiger partial charge < -0.3 is 15.4 Å². The smallest absolute Gasteiger partial charge is 0.250 e. The molecule has 1 amide bonds. The van der Waals surface area contributed by atoms with Crippen LogP contribution in [-0.2, 0) is 9.53 Å². The molecule has 7 heteroatoms. The van der Waals surface area contributed by atoms with E-state index >= 15 is 0 Å². The van der Waals surface area contributed by atoms with Crippen LogP contribution in [0.4, 0.5) is 8.78 Å². The summed E-state index contributed by atoms with van der Waals surface area (Å²) in [6.45, 7) is 3.46. The predicted octanol–water partition coefficient (Wildman–Crippen LogP) is 3.34. The first-order valence-corrected chi connectivity index (χ1v) is 9.06. The van der Waals surface area contributed by atoms with E-state index in [1.54, 1.807) is 0 Å². The van der Waals surface area contributed by atoms with E-state index < -0.39 is 29.2 Å². The Bertz CT molecular complexity index is 644. The average molecular weight is 373 g/mol. The number of halogens is 3. The summed E-state index contributed by atoms with van der Waals surface area (Å²) >= 11 is 5.88. The molecule has 1 aromatic rings. The van der Waals surface area contributed by atoms with Gasteiger partial charge in [-0.2, -0.15) is 0 Å². The molecule has 2 N–H and O–H groups in total. The molecule has 3 rings (SSSR count). The van der Waals surface area contributed by atoms with Crippen molar-refractivity contribution in [3.63, 3.8) is 0 Å². The first-order valence-electron chi connectivity index (χ1n) is 8.68. The van der Waals surface area contributed by atoms with Gasteiger partial charge in [-0.05, 0) is 30.4 Å². The highest BCUT2D eigenvalue weighted by molar-refractivity contribution is 6.30. The minimum absolute atomic E-state index is 0.146. The van der Waals surface area contributed by atoms with Gasteiger partial charge in [0.2, 0.25) is 0 Å². The van der Waals surface area contributed by atoms with E-state index in [1.165, 1.54) is 6.07 Å². The Labute approximate surface area is 151 Å². The molecule has 1 aliphatic heterocycles. The highest BCUT2D eigenvalue weighted by Gasteiger charge is 2.42. The SMILES string of the molecule is CC1(C(NC(=O)C2CNCCO2)c2c(F)ccc(Cl)c2F)CCCC1. The first-order chi connectivity index (χ1) is 11.9. The van der Waals surface area contributed by atoms with Gasteiger partial charge in [0.05, 0.1) is 17.7 Å². The second-order valence-corrected chi connectivity index (χ2v) is 7.53. The zero-order chi connectivity index (χ0) is 18.0. The molecule has 138 valence electrons. The third-order valence-corrected chi connectivity index (χ3v) is 5.61. The van der Waals surface area contributed by atoms with Crippen LogP contribution in [0.15, 0.2) is 12.1 Å². The molecule has 2 unspecified atom stereocenters. The average Bonchev–Trinajstić information content (AvgIpc) is 3.06. The molecular weight excluding hydrogens is 350 g/mol. The van der Waals surface area contributed by atoms with Crippen LogP contribution in [0.1, 0.15) is 44.2 Å². The van der Waals surface area contributed by atoms with E-state index in [4.69, 9.17) is 16.3 Å². The third kappa shape index (κ3) is 3.81. The lowest BCUT2D eigenvalue weighted by molar-refractivity contribution is -0.136. The highest BCUT2D eigenvalue weighted by Crippen LogP contribution is 2.48. The van der Waals surface area contributed by atoms with Gasteiger partial charge in [0, 0.05) is 18.7 Å². The van der Waals surface area contributed by atoms with E-state index in [2.05, 4.69) is 10.6 Å². The van der Waals surface area contributed by atoms with Crippen molar-refractivity contribution in [3.05, 3.63) is 34.4 Å². The maximum Gasteiger partial charge on any atom is 0.250 e. The van der Waals surface area contributed by atoms with Gasteiger partial charge in [0.25, 0.3) is 5.91 Å². The maximum absolute atomic E-state index is 14.7. The molecule has 2 fully saturated rings. The fourth-order valence-corrected chi connectivity index (χ4v) is 4.01. The number of amides is 1. The zero-order valence-corrected chi connectivity index (χ0v) is 15.0. The van der Waals surface area contributed by atoms with E-state index in [1.807, 2.05) is 6.92 Å². The van der Waals surface area contributed by atoms with Crippen molar-refractivity contribution in [2.75, 3.05) is 19.7 Å². The van der Waals surface area contributed by atoms with Crippen molar-refractivity contribution in [1.82, 2.24) is 10.6 Å². The molecule has 0 bridgehead atoms. The van der Waals surface area contributed by atoms with Crippen LogP contribution in [0, 0.1) is 17.0 Å². The Kier molecular flexibility index (Phi) is 5.61. The van der Waals surface area contributed by atoms with Crippen molar-refractivity contribution in [2.45, 2.75) is 44.8 Å². The van der Waals surface area contributed by atoms with Crippen LogP contribution >= 0.6 is 11.6 Å². The van der Waals surface area contributed by atoms with Crippen LogP contribution in [0.25, 0.3) is 0 Å². The molecule has 2 atom stereocenters. The van der Waals surface area contributed by atoms with Crippen LogP contribution in [0.3, 0.4) is 0 Å². The van der Waals surface area contributed by atoms with Crippen molar-refractivity contribution >= 4 is 17.5 Å². The lowest BCUT2D eigenvalue weighted by Gasteiger charge is -2.37. The van der Waals surface area contributed by atoms with Gasteiger partial charge in [-0.3, -0.25) is 4.79 Å². The lowest BCUT2D eigenvalue weighted by Crippen LogP contribution is -2.50. The van der Waals surface area contributed by atoms with Crippen molar-refractivity contribution in [2.24, 2.45) is 5.41 Å². The third-order valence-electron chi connectivity index (χ3n) is 5.32. The molecule has 4 nitrogen and oxygen atoms in total. The number of carbonyl (C=O) groups excluding carboxylic acids is 1. The van der Waals surface area contributed by atoms with Gasteiger partial charge in [0.1, 0.15) is 17.7 Å². The number of hydrogen-bond donors (Lipinski definition) is 2. The summed E-state index contributed by atoms with van der Waals surface area (Å²) in [6.07, 6.45) is 2.84. The predicted molar refractivity (Wildman–Crippen MR) is 91.4 cm³/mol. The van der Waals surface area contributed by atoms with Crippen molar-refractivity contribution < 1.29 is 18.3 Å². The largest absolute Gasteiger partial charge is 0.366 e. The maximum atomic E-state index is 14.7. The second kappa shape index (κ2) is 7.56. The number of ether oxygens (including phenoxy) is 1. The topological polar surface area (TPSA) is 50.4 Å². The van der Waals surface area contributed by atoms with E-state index in [0.29, 0.717) is 19.7 Å². The summed E-state index contributed by atoms with van der Waals surface area (Å²) in [5.74, 6) is -1.85. The summed E-state index contributed by atoms with van der Waals surface area (Å²) in [4.78, 5) is 12.6. The molecule has 0 aromatic heterocycles. The van der Waals surface area contributed by atoms with Gasteiger partial charge in [-0.1, -0.05) is 31.4 Å². The Morgan fingerprint density at radius 1 is 1.40 bits per heavy atom. The summed E-state index contributed by atoms with van der Waals surface area (Å²) in [5.41, 5.74) is -0.585. The Morgan fingerprint density at radius 2 is 2.12 bits per heavy atom. The van der Waals surface area contributed by atoms with Crippen LogP contribution in [0.5, 0.6) is 0 Å².